The Kier molecular flexibility index (Phi) is 6.84. The van der Waals surface area contributed by atoms with Gasteiger partial charge in [0, 0.05) is 56.3 Å². The molecule has 10 nitrogen and oxygen atoms in total. The Bertz CT molecular complexity index is 1420. The smallest absolute Gasteiger partial charge is 0.408 e. The fourth-order valence-corrected chi connectivity index (χ4v) is 5.31. The van der Waals surface area contributed by atoms with Gasteiger partial charge in [0.1, 0.15) is 0 Å². The van der Waals surface area contributed by atoms with Crippen molar-refractivity contribution in [2.45, 2.75) is 51.6 Å². The lowest BCUT2D eigenvalue weighted by Crippen LogP contribution is -2.50. The first-order chi connectivity index (χ1) is 17.8. The summed E-state index contributed by atoms with van der Waals surface area (Å²) >= 11 is 0. The number of urea groups is 1. The minimum Gasteiger partial charge on any atom is -0.408 e. The SMILES string of the molecule is Cc1cc(C(=O)CCC(=O)N2CCC(N3CCc4cc(CN)ccc4NC3=O)CC2)cc2oc(=O)[nH]c12. The second kappa shape index (κ2) is 10.2. The number of likely N-dealkylation sites (tertiary alicyclic amines) is 1. The summed E-state index contributed by atoms with van der Waals surface area (Å²) < 4.78 is 5.09. The third-order valence-corrected chi connectivity index (χ3v) is 7.40. The summed E-state index contributed by atoms with van der Waals surface area (Å²) in [4.78, 5) is 56.2. The molecular weight excluding hydrogens is 474 g/mol. The number of carbonyl (C=O) groups excluding carboxylic acids is 3. The van der Waals surface area contributed by atoms with E-state index in [0.717, 1.165) is 28.8 Å². The van der Waals surface area contributed by atoms with Crippen LogP contribution in [0.2, 0.25) is 0 Å². The molecule has 1 fully saturated rings. The van der Waals surface area contributed by atoms with Crippen LogP contribution >= 0.6 is 0 Å². The van der Waals surface area contributed by atoms with E-state index in [0.29, 0.717) is 55.7 Å². The van der Waals surface area contributed by atoms with Crippen LogP contribution in [0.25, 0.3) is 11.1 Å². The van der Waals surface area contributed by atoms with Crippen molar-refractivity contribution in [2.75, 3.05) is 25.0 Å². The van der Waals surface area contributed by atoms with E-state index in [1.165, 1.54) is 0 Å². The molecule has 2 aliphatic heterocycles. The minimum atomic E-state index is -0.566. The van der Waals surface area contributed by atoms with Gasteiger partial charge in [-0.1, -0.05) is 12.1 Å². The lowest BCUT2D eigenvalue weighted by atomic mass is 10.0. The normalized spacial score (nSPS) is 16.4. The maximum atomic E-state index is 12.9. The standard InChI is InChI=1S/C27H31N5O5/c1-16-12-19(14-23-25(16)30-27(36)37-23)22(33)4-5-24(34)31-9-7-20(8-10-31)32-11-6-18-13-17(15-28)2-3-21(18)29-26(32)35/h2-3,12-14,20H,4-11,15,28H2,1H3,(H,29,35)(H,30,36). The van der Waals surface area contributed by atoms with Gasteiger partial charge in [0.15, 0.2) is 11.4 Å². The number of rotatable bonds is 6. The van der Waals surface area contributed by atoms with Crippen LogP contribution in [-0.4, -0.2) is 58.2 Å². The molecule has 37 heavy (non-hydrogen) atoms. The number of aromatic nitrogens is 1. The van der Waals surface area contributed by atoms with E-state index >= 15 is 0 Å². The number of amides is 3. The summed E-state index contributed by atoms with van der Waals surface area (Å²) in [7, 11) is 0. The second-order valence-corrected chi connectivity index (χ2v) is 9.79. The van der Waals surface area contributed by atoms with E-state index in [9.17, 15) is 19.2 Å². The Labute approximate surface area is 213 Å². The number of H-pyrrole nitrogens is 1. The van der Waals surface area contributed by atoms with Gasteiger partial charge >= 0.3 is 11.8 Å². The molecule has 0 aliphatic carbocycles. The van der Waals surface area contributed by atoms with Crippen LogP contribution in [0.15, 0.2) is 39.5 Å². The van der Waals surface area contributed by atoms with E-state index in [1.807, 2.05) is 17.0 Å². The summed E-state index contributed by atoms with van der Waals surface area (Å²) in [5.41, 5.74) is 10.8. The van der Waals surface area contributed by atoms with Crippen molar-refractivity contribution in [3.8, 4) is 0 Å². The summed E-state index contributed by atoms with van der Waals surface area (Å²) in [5, 5.41) is 3.02. The maximum absolute atomic E-state index is 12.9. The third-order valence-electron chi connectivity index (χ3n) is 7.40. The summed E-state index contributed by atoms with van der Waals surface area (Å²) in [6.45, 7) is 3.96. The molecule has 10 heteroatoms. The van der Waals surface area contributed by atoms with Gasteiger partial charge in [-0.25, -0.2) is 9.59 Å². The van der Waals surface area contributed by atoms with Crippen LogP contribution in [0.3, 0.4) is 0 Å². The molecule has 4 N–H and O–H groups in total. The van der Waals surface area contributed by atoms with Crippen molar-refractivity contribution >= 4 is 34.5 Å². The monoisotopic (exact) mass is 505 g/mol. The van der Waals surface area contributed by atoms with E-state index in [1.54, 1.807) is 24.0 Å². The molecular formula is C27H31N5O5. The molecule has 0 spiro atoms. The van der Waals surface area contributed by atoms with Crippen LogP contribution in [0.4, 0.5) is 10.5 Å². The van der Waals surface area contributed by atoms with Gasteiger partial charge in [-0.3, -0.25) is 14.6 Å². The predicted molar refractivity (Wildman–Crippen MR) is 139 cm³/mol. The largest absolute Gasteiger partial charge is 0.417 e. The van der Waals surface area contributed by atoms with Gasteiger partial charge < -0.3 is 25.3 Å². The van der Waals surface area contributed by atoms with E-state index in [4.69, 9.17) is 10.2 Å². The Morgan fingerprint density at radius 2 is 1.86 bits per heavy atom. The Hall–Kier alpha value is -3.92. The number of piperidine rings is 1. The number of oxazole rings is 1. The van der Waals surface area contributed by atoms with Gasteiger partial charge in [0.2, 0.25) is 5.91 Å². The van der Waals surface area contributed by atoms with Crippen molar-refractivity contribution < 1.29 is 18.8 Å². The van der Waals surface area contributed by atoms with Crippen molar-refractivity contribution in [3.05, 3.63) is 63.1 Å². The lowest BCUT2D eigenvalue weighted by molar-refractivity contribution is -0.132. The van der Waals surface area contributed by atoms with Crippen LogP contribution in [0.1, 0.15) is 52.7 Å². The Morgan fingerprint density at radius 3 is 2.62 bits per heavy atom. The van der Waals surface area contributed by atoms with Crippen molar-refractivity contribution in [1.82, 2.24) is 14.8 Å². The number of ketones is 1. The zero-order chi connectivity index (χ0) is 26.1. The number of aromatic amines is 1. The highest BCUT2D eigenvalue weighted by Crippen LogP contribution is 2.26. The van der Waals surface area contributed by atoms with Gasteiger partial charge in [0.25, 0.3) is 0 Å². The van der Waals surface area contributed by atoms with Crippen molar-refractivity contribution in [1.29, 1.82) is 0 Å². The molecule has 2 aromatic carbocycles. The highest BCUT2D eigenvalue weighted by molar-refractivity contribution is 6.00. The number of anilines is 1. The number of fused-ring (bicyclic) bond motifs is 2. The van der Waals surface area contributed by atoms with E-state index in [-0.39, 0.29) is 36.6 Å². The maximum Gasteiger partial charge on any atom is 0.417 e. The Morgan fingerprint density at radius 1 is 1.08 bits per heavy atom. The molecule has 2 aliphatic rings. The van der Waals surface area contributed by atoms with Gasteiger partial charge in [-0.2, -0.15) is 0 Å². The van der Waals surface area contributed by atoms with E-state index in [2.05, 4.69) is 16.4 Å². The molecule has 0 atom stereocenters. The summed E-state index contributed by atoms with van der Waals surface area (Å²) in [5.74, 6) is -0.806. The molecule has 194 valence electrons. The van der Waals surface area contributed by atoms with Crippen molar-refractivity contribution in [2.24, 2.45) is 5.73 Å². The quantitative estimate of drug-likeness (QED) is 0.440. The van der Waals surface area contributed by atoms with Crippen LogP contribution in [-0.2, 0) is 17.8 Å². The molecule has 1 saturated heterocycles. The number of nitrogens with two attached hydrogens (primary N) is 1. The first-order valence-electron chi connectivity index (χ1n) is 12.7. The molecule has 0 radical (unpaired) electrons. The first-order valence-corrected chi connectivity index (χ1v) is 12.7. The number of hydrogen-bond donors (Lipinski definition) is 3. The fourth-order valence-electron chi connectivity index (χ4n) is 5.31. The lowest BCUT2D eigenvalue weighted by Gasteiger charge is -2.38. The molecule has 3 amide bonds. The zero-order valence-electron chi connectivity index (χ0n) is 20.8. The number of Topliss-reactive ketones (excluding diaryl/α,β-unsaturated/α-hetero) is 1. The topological polar surface area (TPSA) is 142 Å². The zero-order valence-corrected chi connectivity index (χ0v) is 20.8. The Balaban J connectivity index is 1.14. The molecule has 3 heterocycles. The fraction of sp³-hybridized carbons (Fsp3) is 0.407. The number of hydrogen-bond acceptors (Lipinski definition) is 6. The highest BCUT2D eigenvalue weighted by atomic mass is 16.4. The predicted octanol–water partition coefficient (Wildman–Crippen LogP) is 2.93. The summed E-state index contributed by atoms with van der Waals surface area (Å²) in [6, 6.07) is 9.08. The number of nitrogens with zero attached hydrogens (tertiary/aromatic N) is 2. The molecule has 1 aromatic heterocycles. The second-order valence-electron chi connectivity index (χ2n) is 9.79. The average Bonchev–Trinajstić information content (AvgIpc) is 3.20. The van der Waals surface area contributed by atoms with Crippen LogP contribution in [0, 0.1) is 6.92 Å². The highest BCUT2D eigenvalue weighted by Gasteiger charge is 2.31. The van der Waals surface area contributed by atoms with Crippen LogP contribution in [0.5, 0.6) is 0 Å². The molecule has 0 saturated carbocycles. The van der Waals surface area contributed by atoms with Crippen molar-refractivity contribution in [3.63, 3.8) is 0 Å². The number of benzene rings is 2. The molecule has 0 unspecified atom stereocenters. The van der Waals surface area contributed by atoms with Gasteiger partial charge in [0.05, 0.1) is 5.52 Å². The van der Waals surface area contributed by atoms with Gasteiger partial charge in [-0.05, 0) is 61.1 Å². The number of nitrogens with one attached hydrogen (secondary N) is 2. The third kappa shape index (κ3) is 5.15. The number of carbonyl (C=O) groups is 3. The molecule has 5 rings (SSSR count). The van der Waals surface area contributed by atoms with Gasteiger partial charge in [-0.15, -0.1) is 0 Å². The van der Waals surface area contributed by atoms with E-state index < -0.39 is 5.76 Å². The summed E-state index contributed by atoms with van der Waals surface area (Å²) in [6.07, 6.45) is 2.33. The average molecular weight is 506 g/mol. The molecule has 0 bridgehead atoms. The molecule has 3 aromatic rings. The first kappa shape index (κ1) is 24.8. The van der Waals surface area contributed by atoms with Crippen LogP contribution < -0.4 is 16.8 Å². The number of aryl methyl sites for hydroxylation is 1. The minimum absolute atomic E-state index is 0.0553.